The van der Waals surface area contributed by atoms with Crippen LogP contribution in [0.15, 0.2) is 12.4 Å². The van der Waals surface area contributed by atoms with E-state index in [0.717, 1.165) is 30.7 Å². The zero-order valence-corrected chi connectivity index (χ0v) is 8.24. The van der Waals surface area contributed by atoms with Crippen LogP contribution in [0.3, 0.4) is 0 Å². The van der Waals surface area contributed by atoms with Crippen molar-refractivity contribution in [2.75, 3.05) is 0 Å². The third kappa shape index (κ3) is 2.03. The van der Waals surface area contributed by atoms with Gasteiger partial charge in [-0.2, -0.15) is 5.10 Å². The smallest absolute Gasteiger partial charge is 0.0785 e. The highest BCUT2D eigenvalue weighted by Gasteiger charge is 2.20. The van der Waals surface area contributed by atoms with Crippen LogP contribution in [0.25, 0.3) is 0 Å². The van der Waals surface area contributed by atoms with Gasteiger partial charge >= 0.3 is 0 Å². The summed E-state index contributed by atoms with van der Waals surface area (Å²) >= 11 is 5.80. The molecular formula is C9H14ClN3. The molecule has 0 bridgehead atoms. The molecule has 1 aliphatic carbocycles. The van der Waals surface area contributed by atoms with Crippen LogP contribution < -0.4 is 5.73 Å². The van der Waals surface area contributed by atoms with E-state index < -0.39 is 0 Å². The largest absolute Gasteiger partial charge is 0.328 e. The number of nitrogens with zero attached hydrogens (tertiary/aromatic N) is 2. The average Bonchev–Trinajstić information content (AvgIpc) is 2.53. The van der Waals surface area contributed by atoms with Crippen LogP contribution in [-0.4, -0.2) is 15.8 Å². The van der Waals surface area contributed by atoms with Crippen molar-refractivity contribution in [3.8, 4) is 0 Å². The molecule has 0 aliphatic heterocycles. The monoisotopic (exact) mass is 199 g/mol. The summed E-state index contributed by atoms with van der Waals surface area (Å²) in [5.74, 6) is 0. The van der Waals surface area contributed by atoms with Crippen LogP contribution in [0.2, 0.25) is 5.02 Å². The van der Waals surface area contributed by atoms with Gasteiger partial charge in [0.15, 0.2) is 0 Å². The van der Waals surface area contributed by atoms with E-state index in [1.165, 1.54) is 0 Å². The van der Waals surface area contributed by atoms with E-state index in [9.17, 15) is 0 Å². The molecule has 4 heteroatoms. The first-order valence-corrected chi connectivity index (χ1v) is 5.09. The molecule has 1 aromatic heterocycles. The quantitative estimate of drug-likeness (QED) is 0.752. The fraction of sp³-hybridized carbons (Fsp3) is 0.667. The highest BCUT2D eigenvalue weighted by Crippen LogP contribution is 2.27. The van der Waals surface area contributed by atoms with Gasteiger partial charge in [-0.05, 0) is 25.7 Å². The van der Waals surface area contributed by atoms with Crippen molar-refractivity contribution in [2.45, 2.75) is 37.8 Å². The molecule has 0 amide bonds. The van der Waals surface area contributed by atoms with Crippen LogP contribution in [0.4, 0.5) is 0 Å². The summed E-state index contributed by atoms with van der Waals surface area (Å²) in [4.78, 5) is 0. The van der Waals surface area contributed by atoms with E-state index in [-0.39, 0.29) is 0 Å². The predicted molar refractivity (Wildman–Crippen MR) is 52.7 cm³/mol. The molecule has 1 heterocycles. The molecule has 1 saturated carbocycles. The molecule has 1 fully saturated rings. The van der Waals surface area contributed by atoms with Gasteiger partial charge in [-0.3, -0.25) is 4.68 Å². The van der Waals surface area contributed by atoms with E-state index in [2.05, 4.69) is 5.10 Å². The van der Waals surface area contributed by atoms with Crippen molar-refractivity contribution >= 4 is 11.6 Å². The maximum atomic E-state index is 5.82. The molecule has 0 unspecified atom stereocenters. The van der Waals surface area contributed by atoms with Crippen molar-refractivity contribution < 1.29 is 0 Å². The third-order valence-corrected chi connectivity index (χ3v) is 2.88. The van der Waals surface area contributed by atoms with Crippen LogP contribution >= 0.6 is 11.6 Å². The SMILES string of the molecule is NC1CCC(n2cc(Cl)cn2)CC1. The minimum atomic E-state index is 0.391. The molecule has 0 saturated heterocycles. The second kappa shape index (κ2) is 3.68. The van der Waals surface area contributed by atoms with E-state index in [4.69, 9.17) is 17.3 Å². The molecule has 3 nitrogen and oxygen atoms in total. The fourth-order valence-electron chi connectivity index (χ4n) is 1.88. The highest BCUT2D eigenvalue weighted by molar-refractivity contribution is 6.30. The molecule has 72 valence electrons. The van der Waals surface area contributed by atoms with Gasteiger partial charge < -0.3 is 5.73 Å². The normalized spacial score (nSPS) is 29.1. The average molecular weight is 200 g/mol. The van der Waals surface area contributed by atoms with E-state index in [1.807, 2.05) is 10.9 Å². The molecule has 2 rings (SSSR count). The molecule has 13 heavy (non-hydrogen) atoms. The van der Waals surface area contributed by atoms with E-state index >= 15 is 0 Å². The second-order valence-corrected chi connectivity index (χ2v) is 4.14. The Balaban J connectivity index is 2.02. The molecule has 0 aromatic carbocycles. The maximum Gasteiger partial charge on any atom is 0.0785 e. The van der Waals surface area contributed by atoms with Crippen molar-refractivity contribution in [3.05, 3.63) is 17.4 Å². The summed E-state index contributed by atoms with van der Waals surface area (Å²) in [6, 6.07) is 0.898. The van der Waals surface area contributed by atoms with Gasteiger partial charge in [0.05, 0.1) is 17.3 Å². The first kappa shape index (κ1) is 9.03. The van der Waals surface area contributed by atoms with Gasteiger partial charge in [0.2, 0.25) is 0 Å². The third-order valence-electron chi connectivity index (χ3n) is 2.69. The maximum absolute atomic E-state index is 5.82. The Hall–Kier alpha value is -0.540. The van der Waals surface area contributed by atoms with Gasteiger partial charge in [-0.25, -0.2) is 0 Å². The molecule has 1 aromatic rings. The molecule has 0 atom stereocenters. The van der Waals surface area contributed by atoms with Crippen molar-refractivity contribution in [1.82, 2.24) is 9.78 Å². The van der Waals surface area contributed by atoms with Gasteiger partial charge in [0.1, 0.15) is 0 Å². The molecular weight excluding hydrogens is 186 g/mol. The highest BCUT2D eigenvalue weighted by atomic mass is 35.5. The summed E-state index contributed by atoms with van der Waals surface area (Å²) in [6.45, 7) is 0. The van der Waals surface area contributed by atoms with Crippen LogP contribution in [0.5, 0.6) is 0 Å². The lowest BCUT2D eigenvalue weighted by Crippen LogP contribution is -2.27. The minimum Gasteiger partial charge on any atom is -0.328 e. The summed E-state index contributed by atoms with van der Waals surface area (Å²) in [5, 5.41) is 4.93. The summed E-state index contributed by atoms with van der Waals surface area (Å²) < 4.78 is 1.97. The van der Waals surface area contributed by atoms with Crippen LogP contribution in [0.1, 0.15) is 31.7 Å². The topological polar surface area (TPSA) is 43.8 Å². The lowest BCUT2D eigenvalue weighted by Gasteiger charge is -2.26. The number of hydrogen-bond donors (Lipinski definition) is 1. The Morgan fingerprint density at radius 3 is 2.62 bits per heavy atom. The molecule has 0 radical (unpaired) electrons. The van der Waals surface area contributed by atoms with Gasteiger partial charge in [-0.1, -0.05) is 11.6 Å². The lowest BCUT2D eigenvalue weighted by atomic mass is 9.92. The standard InChI is InChI=1S/C9H14ClN3/c10-7-5-12-13(6-7)9-3-1-8(11)2-4-9/h5-6,8-9H,1-4,11H2. The Morgan fingerprint density at radius 1 is 1.38 bits per heavy atom. The lowest BCUT2D eigenvalue weighted by molar-refractivity contribution is 0.304. The van der Waals surface area contributed by atoms with Gasteiger partial charge in [0, 0.05) is 12.2 Å². The van der Waals surface area contributed by atoms with Crippen molar-refractivity contribution in [1.29, 1.82) is 0 Å². The first-order valence-electron chi connectivity index (χ1n) is 4.71. The van der Waals surface area contributed by atoms with Crippen molar-refractivity contribution in [2.24, 2.45) is 5.73 Å². The Labute approximate surface area is 82.9 Å². The zero-order valence-electron chi connectivity index (χ0n) is 7.49. The number of nitrogens with two attached hydrogens (primary N) is 1. The summed E-state index contributed by atoms with van der Waals surface area (Å²) in [7, 11) is 0. The van der Waals surface area contributed by atoms with Crippen molar-refractivity contribution in [3.63, 3.8) is 0 Å². The molecule has 1 aliphatic rings. The summed E-state index contributed by atoms with van der Waals surface area (Å²) in [5.41, 5.74) is 5.82. The van der Waals surface area contributed by atoms with Gasteiger partial charge in [-0.15, -0.1) is 0 Å². The second-order valence-electron chi connectivity index (χ2n) is 3.71. The number of halogens is 1. The van der Waals surface area contributed by atoms with E-state index in [0.29, 0.717) is 12.1 Å². The molecule has 2 N–H and O–H groups in total. The Bertz CT molecular complexity index is 276. The first-order chi connectivity index (χ1) is 6.25. The zero-order chi connectivity index (χ0) is 9.26. The minimum absolute atomic E-state index is 0.391. The molecule has 0 spiro atoms. The Morgan fingerprint density at radius 2 is 2.08 bits per heavy atom. The van der Waals surface area contributed by atoms with E-state index in [1.54, 1.807) is 6.20 Å². The Kier molecular flexibility index (Phi) is 2.56. The number of aromatic nitrogens is 2. The van der Waals surface area contributed by atoms with Crippen LogP contribution in [0, 0.1) is 0 Å². The van der Waals surface area contributed by atoms with Gasteiger partial charge in [0.25, 0.3) is 0 Å². The number of rotatable bonds is 1. The summed E-state index contributed by atoms with van der Waals surface area (Å²) in [6.07, 6.45) is 8.03. The predicted octanol–water partition coefficient (Wildman–Crippen LogP) is 1.98. The van der Waals surface area contributed by atoms with Crippen LogP contribution in [-0.2, 0) is 0 Å². The fourth-order valence-corrected chi connectivity index (χ4v) is 2.02. The number of hydrogen-bond acceptors (Lipinski definition) is 2.